The molecule has 29 heavy (non-hydrogen) atoms. The van der Waals surface area contributed by atoms with Crippen molar-refractivity contribution in [3.8, 4) is 0 Å². The molecular weight excluding hydrogens is 454 g/mol. The normalized spacial score (nSPS) is 14.0. The second-order valence-electron chi connectivity index (χ2n) is 8.42. The molecule has 2 atom stereocenters. The summed E-state index contributed by atoms with van der Waals surface area (Å²) in [6.45, 7) is 9.74. The molecular formula is C19H30BrN5O3Si. The van der Waals surface area contributed by atoms with E-state index in [0.717, 1.165) is 18.0 Å². The highest BCUT2D eigenvalue weighted by molar-refractivity contribution is 9.10. The molecule has 10 heteroatoms. The van der Waals surface area contributed by atoms with E-state index in [2.05, 4.69) is 56.1 Å². The minimum atomic E-state index is -1.19. The number of aromatic nitrogens is 5. The minimum Gasteiger partial charge on any atom is -0.481 e. The van der Waals surface area contributed by atoms with Crippen molar-refractivity contribution in [2.45, 2.75) is 64.5 Å². The largest absolute Gasteiger partial charge is 0.481 e. The maximum atomic E-state index is 12.0. The quantitative estimate of drug-likeness (QED) is 0.276. The third-order valence-electron chi connectivity index (χ3n) is 4.75. The molecule has 0 saturated carbocycles. The van der Waals surface area contributed by atoms with E-state index in [1.165, 1.54) is 0 Å². The van der Waals surface area contributed by atoms with Crippen LogP contribution in [0.25, 0.3) is 0 Å². The van der Waals surface area contributed by atoms with Gasteiger partial charge in [0, 0.05) is 26.8 Å². The maximum absolute atomic E-state index is 12.0. The van der Waals surface area contributed by atoms with Crippen molar-refractivity contribution in [1.82, 2.24) is 25.2 Å². The zero-order chi connectivity index (χ0) is 21.4. The highest BCUT2D eigenvalue weighted by Gasteiger charge is 2.33. The molecule has 1 N–H and O–H groups in total. The van der Waals surface area contributed by atoms with Crippen LogP contribution in [0.2, 0.25) is 25.7 Å². The first-order valence-corrected chi connectivity index (χ1v) is 14.4. The summed E-state index contributed by atoms with van der Waals surface area (Å²) in [5.41, 5.74) is 0.980. The number of nitrogens with zero attached hydrogens (tertiary/aromatic N) is 5. The van der Waals surface area contributed by atoms with Gasteiger partial charge >= 0.3 is 5.97 Å². The second-order valence-corrected chi connectivity index (χ2v) is 14.8. The van der Waals surface area contributed by atoms with E-state index in [1.807, 2.05) is 19.1 Å². The van der Waals surface area contributed by atoms with Gasteiger partial charge in [-0.25, -0.2) is 9.67 Å². The average Bonchev–Trinajstić information content (AvgIpc) is 3.09. The zero-order valence-electron chi connectivity index (χ0n) is 17.5. The van der Waals surface area contributed by atoms with Gasteiger partial charge in [-0.05, 0) is 62.9 Å². The molecule has 0 radical (unpaired) electrons. The third-order valence-corrected chi connectivity index (χ3v) is 6.89. The van der Waals surface area contributed by atoms with Crippen molar-refractivity contribution in [1.29, 1.82) is 0 Å². The van der Waals surface area contributed by atoms with Crippen LogP contribution in [-0.2, 0) is 22.7 Å². The van der Waals surface area contributed by atoms with Gasteiger partial charge in [-0.1, -0.05) is 33.0 Å². The molecule has 1 unspecified atom stereocenters. The van der Waals surface area contributed by atoms with Crippen LogP contribution in [-0.4, -0.2) is 50.9 Å². The Balaban J connectivity index is 2.24. The number of ether oxygens (including phenoxy) is 1. The highest BCUT2D eigenvalue weighted by atomic mass is 79.9. The SMILES string of the molecule is CCCC(C(=O)O)[C@H](Cc1ccnc(Br)c1)c1nnnn1COCC[Si](C)(C)C. The number of pyridine rings is 1. The maximum Gasteiger partial charge on any atom is 0.307 e. The summed E-state index contributed by atoms with van der Waals surface area (Å²) in [5.74, 6) is -1.23. The molecule has 2 heterocycles. The number of halogens is 1. The molecule has 0 amide bonds. The summed E-state index contributed by atoms with van der Waals surface area (Å²) in [7, 11) is -1.19. The van der Waals surface area contributed by atoms with Crippen molar-refractivity contribution < 1.29 is 14.6 Å². The fourth-order valence-corrected chi connectivity index (χ4v) is 4.31. The molecule has 0 spiro atoms. The molecule has 0 aromatic carbocycles. The Morgan fingerprint density at radius 3 is 2.76 bits per heavy atom. The molecule has 2 aromatic heterocycles. The number of hydrogen-bond donors (Lipinski definition) is 1. The van der Waals surface area contributed by atoms with Crippen LogP contribution in [0.3, 0.4) is 0 Å². The number of tetrazole rings is 1. The van der Waals surface area contributed by atoms with Crippen LogP contribution in [0.15, 0.2) is 22.9 Å². The Bertz CT molecular complexity index is 796. The van der Waals surface area contributed by atoms with Crippen LogP contribution in [0.5, 0.6) is 0 Å². The number of rotatable bonds is 12. The summed E-state index contributed by atoms with van der Waals surface area (Å²) >= 11 is 3.38. The number of hydrogen-bond acceptors (Lipinski definition) is 6. The first-order valence-electron chi connectivity index (χ1n) is 9.88. The third kappa shape index (κ3) is 7.59. The Morgan fingerprint density at radius 1 is 1.38 bits per heavy atom. The van der Waals surface area contributed by atoms with Crippen molar-refractivity contribution in [2.24, 2.45) is 5.92 Å². The summed E-state index contributed by atoms with van der Waals surface area (Å²) in [6, 6.07) is 4.84. The van der Waals surface area contributed by atoms with Crippen molar-refractivity contribution in [2.75, 3.05) is 6.61 Å². The van der Waals surface area contributed by atoms with E-state index in [9.17, 15) is 9.90 Å². The lowest BCUT2D eigenvalue weighted by Crippen LogP contribution is -2.27. The first kappa shape index (κ1) is 23.6. The predicted octanol–water partition coefficient (Wildman–Crippen LogP) is 3.97. The lowest BCUT2D eigenvalue weighted by Gasteiger charge is -2.23. The molecule has 0 fully saturated rings. The number of aliphatic carboxylic acids is 1. The summed E-state index contributed by atoms with van der Waals surface area (Å²) in [6.07, 6.45) is 3.53. The van der Waals surface area contributed by atoms with Gasteiger partial charge in [0.2, 0.25) is 0 Å². The molecule has 0 bridgehead atoms. The topological polar surface area (TPSA) is 103 Å². The van der Waals surface area contributed by atoms with Gasteiger partial charge in [0.15, 0.2) is 5.82 Å². The molecule has 0 aliphatic carbocycles. The van der Waals surface area contributed by atoms with Crippen LogP contribution in [0.4, 0.5) is 0 Å². The number of carboxylic acids is 1. The van der Waals surface area contributed by atoms with Gasteiger partial charge in [-0.2, -0.15) is 0 Å². The Labute approximate surface area is 181 Å². The predicted molar refractivity (Wildman–Crippen MR) is 116 cm³/mol. The number of carboxylic acid groups (broad SMARTS) is 1. The van der Waals surface area contributed by atoms with Gasteiger partial charge in [-0.15, -0.1) is 5.10 Å². The second kappa shape index (κ2) is 10.9. The molecule has 0 aliphatic heterocycles. The number of carbonyl (C=O) groups is 1. The van der Waals surface area contributed by atoms with E-state index >= 15 is 0 Å². The summed E-state index contributed by atoms with van der Waals surface area (Å²) < 4.78 is 8.11. The van der Waals surface area contributed by atoms with Gasteiger partial charge in [0.1, 0.15) is 11.3 Å². The summed E-state index contributed by atoms with van der Waals surface area (Å²) in [4.78, 5) is 16.2. The Kier molecular flexibility index (Phi) is 8.91. The molecule has 160 valence electrons. The highest BCUT2D eigenvalue weighted by Crippen LogP contribution is 2.31. The first-order chi connectivity index (χ1) is 13.7. The van der Waals surface area contributed by atoms with Crippen LogP contribution < -0.4 is 0 Å². The van der Waals surface area contributed by atoms with E-state index in [0.29, 0.717) is 29.9 Å². The van der Waals surface area contributed by atoms with Gasteiger partial charge in [0.05, 0.1) is 5.92 Å². The average molecular weight is 484 g/mol. The fourth-order valence-electron chi connectivity index (χ4n) is 3.14. The molecule has 2 rings (SSSR count). The standard InChI is InChI=1S/C19H30BrN5O3Si/c1-5-6-15(19(26)27)16(11-14-7-8-21-17(20)12-14)18-22-23-24-25(18)13-28-9-10-29(2,3)4/h7-8,12,15-16H,5-6,9-11,13H2,1-4H3,(H,26,27)/t15?,16-/m0/s1. The van der Waals surface area contributed by atoms with Crippen LogP contribution in [0.1, 0.15) is 37.1 Å². The molecule has 8 nitrogen and oxygen atoms in total. The molecule has 0 aliphatic rings. The lowest BCUT2D eigenvalue weighted by atomic mass is 9.83. The van der Waals surface area contributed by atoms with Crippen molar-refractivity contribution in [3.05, 3.63) is 34.3 Å². The van der Waals surface area contributed by atoms with E-state index in [-0.39, 0.29) is 12.6 Å². The van der Waals surface area contributed by atoms with Gasteiger partial charge < -0.3 is 9.84 Å². The van der Waals surface area contributed by atoms with Crippen LogP contribution >= 0.6 is 15.9 Å². The van der Waals surface area contributed by atoms with Gasteiger partial charge in [0.25, 0.3) is 0 Å². The smallest absolute Gasteiger partial charge is 0.307 e. The lowest BCUT2D eigenvalue weighted by molar-refractivity contribution is -0.143. The van der Waals surface area contributed by atoms with E-state index in [1.54, 1.807) is 10.9 Å². The summed E-state index contributed by atoms with van der Waals surface area (Å²) in [5, 5.41) is 21.9. The van der Waals surface area contributed by atoms with Gasteiger partial charge in [-0.3, -0.25) is 4.79 Å². The van der Waals surface area contributed by atoms with E-state index in [4.69, 9.17) is 4.74 Å². The zero-order valence-corrected chi connectivity index (χ0v) is 20.1. The minimum absolute atomic E-state index is 0.224. The molecule has 2 aromatic rings. The molecule has 0 saturated heterocycles. The monoisotopic (exact) mass is 483 g/mol. The van der Waals surface area contributed by atoms with Crippen molar-refractivity contribution in [3.63, 3.8) is 0 Å². The Hall–Kier alpha value is -1.65. The Morgan fingerprint density at radius 2 is 2.14 bits per heavy atom. The fraction of sp³-hybridized carbons (Fsp3) is 0.632. The van der Waals surface area contributed by atoms with Crippen LogP contribution in [0, 0.1) is 5.92 Å². The van der Waals surface area contributed by atoms with Crippen molar-refractivity contribution >= 4 is 30.0 Å². The van der Waals surface area contributed by atoms with E-state index < -0.39 is 20.0 Å².